The Morgan fingerprint density at radius 1 is 1.32 bits per heavy atom. The van der Waals surface area contributed by atoms with Gasteiger partial charge in [0, 0.05) is 26.0 Å². The zero-order chi connectivity index (χ0) is 16.3. The lowest BCUT2D eigenvalue weighted by molar-refractivity contribution is 0.186. The summed E-state index contributed by atoms with van der Waals surface area (Å²) >= 11 is 5.18. The standard InChI is InChI=1S/C14H16N2O4S2/c1-20-7-6-16-12(9-13(17)15-14(16)21)10-4-3-5-11(8-10)22(2,18)19/h3-5,8-9H,6-7H2,1-2H3,(H,15,17,21). The Morgan fingerprint density at radius 3 is 2.68 bits per heavy atom. The fourth-order valence-electron chi connectivity index (χ4n) is 2.05. The zero-order valence-corrected chi connectivity index (χ0v) is 13.8. The first-order chi connectivity index (χ1) is 10.3. The maximum atomic E-state index is 11.7. The quantitative estimate of drug-likeness (QED) is 0.837. The van der Waals surface area contributed by atoms with Gasteiger partial charge in [-0.25, -0.2) is 8.42 Å². The summed E-state index contributed by atoms with van der Waals surface area (Å²) in [4.78, 5) is 14.4. The number of methoxy groups -OCH3 is 1. The van der Waals surface area contributed by atoms with E-state index in [1.165, 1.54) is 18.2 Å². The number of sulfone groups is 1. The van der Waals surface area contributed by atoms with Crippen molar-refractivity contribution in [2.75, 3.05) is 20.0 Å². The summed E-state index contributed by atoms with van der Waals surface area (Å²) in [6, 6.07) is 7.81. The Morgan fingerprint density at radius 2 is 2.05 bits per heavy atom. The minimum absolute atomic E-state index is 0.189. The van der Waals surface area contributed by atoms with E-state index in [0.29, 0.717) is 24.4 Å². The maximum Gasteiger partial charge on any atom is 0.252 e. The number of aromatic amines is 1. The molecule has 0 amide bonds. The third-order valence-electron chi connectivity index (χ3n) is 3.11. The molecule has 1 N–H and O–H groups in total. The molecular weight excluding hydrogens is 324 g/mol. The van der Waals surface area contributed by atoms with Crippen molar-refractivity contribution in [3.8, 4) is 11.3 Å². The molecule has 22 heavy (non-hydrogen) atoms. The van der Waals surface area contributed by atoms with Crippen LogP contribution in [0.3, 0.4) is 0 Å². The number of aromatic nitrogens is 2. The van der Waals surface area contributed by atoms with E-state index in [0.717, 1.165) is 6.26 Å². The number of ether oxygens (including phenoxy) is 1. The van der Waals surface area contributed by atoms with Crippen molar-refractivity contribution >= 4 is 22.1 Å². The van der Waals surface area contributed by atoms with Gasteiger partial charge in [0.2, 0.25) is 0 Å². The molecule has 0 radical (unpaired) electrons. The van der Waals surface area contributed by atoms with E-state index in [1.807, 2.05) is 0 Å². The van der Waals surface area contributed by atoms with Crippen LogP contribution in [0.1, 0.15) is 0 Å². The molecule has 8 heteroatoms. The summed E-state index contributed by atoms with van der Waals surface area (Å²) in [7, 11) is -1.76. The maximum absolute atomic E-state index is 11.7. The Labute approximate surface area is 133 Å². The Bertz CT molecular complexity index is 898. The molecule has 1 aromatic carbocycles. The van der Waals surface area contributed by atoms with Crippen LogP contribution in [-0.4, -0.2) is 37.9 Å². The number of nitrogens with zero attached hydrogens (tertiary/aromatic N) is 1. The van der Waals surface area contributed by atoms with Gasteiger partial charge in [0.1, 0.15) is 0 Å². The lowest BCUT2D eigenvalue weighted by Crippen LogP contribution is -2.17. The average molecular weight is 340 g/mol. The van der Waals surface area contributed by atoms with E-state index in [9.17, 15) is 13.2 Å². The molecule has 1 heterocycles. The highest BCUT2D eigenvalue weighted by Crippen LogP contribution is 2.21. The molecule has 0 aliphatic heterocycles. The first-order valence-electron chi connectivity index (χ1n) is 6.46. The normalized spacial score (nSPS) is 11.5. The molecule has 6 nitrogen and oxygen atoms in total. The predicted molar refractivity (Wildman–Crippen MR) is 86.3 cm³/mol. The Kier molecular flexibility index (Phi) is 4.94. The number of rotatable bonds is 5. The van der Waals surface area contributed by atoms with Crippen LogP contribution < -0.4 is 5.56 Å². The number of nitrogens with one attached hydrogen (secondary N) is 1. The van der Waals surface area contributed by atoms with E-state index < -0.39 is 9.84 Å². The molecule has 0 atom stereocenters. The highest BCUT2D eigenvalue weighted by Gasteiger charge is 2.11. The number of benzene rings is 1. The van der Waals surface area contributed by atoms with Gasteiger partial charge in [-0.05, 0) is 29.9 Å². The van der Waals surface area contributed by atoms with E-state index in [4.69, 9.17) is 17.0 Å². The third-order valence-corrected chi connectivity index (χ3v) is 4.54. The molecule has 1 aromatic heterocycles. The molecule has 0 spiro atoms. The van der Waals surface area contributed by atoms with Crippen molar-refractivity contribution < 1.29 is 13.2 Å². The van der Waals surface area contributed by atoms with Gasteiger partial charge in [-0.1, -0.05) is 12.1 Å². The highest BCUT2D eigenvalue weighted by molar-refractivity contribution is 7.90. The van der Waals surface area contributed by atoms with Crippen LogP contribution >= 0.6 is 12.2 Å². The van der Waals surface area contributed by atoms with Gasteiger partial charge in [-0.2, -0.15) is 0 Å². The van der Waals surface area contributed by atoms with Crippen LogP contribution in [0.4, 0.5) is 0 Å². The van der Waals surface area contributed by atoms with Gasteiger partial charge >= 0.3 is 0 Å². The molecule has 0 aliphatic carbocycles. The smallest absolute Gasteiger partial charge is 0.252 e. The van der Waals surface area contributed by atoms with Crippen LogP contribution in [0.25, 0.3) is 11.3 Å². The summed E-state index contributed by atoms with van der Waals surface area (Å²) in [5.74, 6) is 0. The van der Waals surface area contributed by atoms with Crippen LogP contribution in [-0.2, 0) is 21.1 Å². The molecule has 2 aromatic rings. The van der Waals surface area contributed by atoms with Gasteiger partial charge in [-0.3, -0.25) is 9.78 Å². The minimum Gasteiger partial charge on any atom is -0.383 e. The third kappa shape index (κ3) is 3.70. The van der Waals surface area contributed by atoms with E-state index in [1.54, 1.807) is 23.8 Å². The zero-order valence-electron chi connectivity index (χ0n) is 12.2. The summed E-state index contributed by atoms with van der Waals surface area (Å²) < 4.78 is 30.4. The van der Waals surface area contributed by atoms with Crippen molar-refractivity contribution in [3.05, 3.63) is 45.5 Å². The van der Waals surface area contributed by atoms with Crippen LogP contribution in [0.15, 0.2) is 40.0 Å². The second kappa shape index (κ2) is 6.55. The van der Waals surface area contributed by atoms with Gasteiger partial charge in [0.05, 0.1) is 17.2 Å². The van der Waals surface area contributed by atoms with Gasteiger partial charge in [-0.15, -0.1) is 0 Å². The van der Waals surface area contributed by atoms with Crippen molar-refractivity contribution in [2.45, 2.75) is 11.4 Å². The van der Waals surface area contributed by atoms with E-state index >= 15 is 0 Å². The van der Waals surface area contributed by atoms with Crippen LogP contribution in [0.5, 0.6) is 0 Å². The topological polar surface area (TPSA) is 81.2 Å². The average Bonchev–Trinajstić information content (AvgIpc) is 2.45. The fraction of sp³-hybridized carbons (Fsp3) is 0.286. The van der Waals surface area contributed by atoms with Crippen molar-refractivity contribution in [2.24, 2.45) is 0 Å². The van der Waals surface area contributed by atoms with Crippen LogP contribution in [0.2, 0.25) is 0 Å². The molecule has 0 unspecified atom stereocenters. The molecule has 0 saturated carbocycles. The molecule has 0 fully saturated rings. The number of H-pyrrole nitrogens is 1. The fourth-order valence-corrected chi connectivity index (χ4v) is 3.01. The van der Waals surface area contributed by atoms with Crippen LogP contribution in [0, 0.1) is 4.77 Å². The van der Waals surface area contributed by atoms with Crippen molar-refractivity contribution in [3.63, 3.8) is 0 Å². The Balaban J connectivity index is 2.66. The highest BCUT2D eigenvalue weighted by atomic mass is 32.2. The van der Waals surface area contributed by atoms with Gasteiger partial charge in [0.15, 0.2) is 14.6 Å². The largest absolute Gasteiger partial charge is 0.383 e. The Hall–Kier alpha value is -1.77. The van der Waals surface area contributed by atoms with Crippen molar-refractivity contribution in [1.82, 2.24) is 9.55 Å². The summed E-state index contributed by atoms with van der Waals surface area (Å²) in [6.45, 7) is 0.865. The first kappa shape index (κ1) is 16.6. The second-order valence-corrected chi connectivity index (χ2v) is 7.17. The molecular formula is C14H16N2O4S2. The number of hydrogen-bond acceptors (Lipinski definition) is 5. The van der Waals surface area contributed by atoms with E-state index in [-0.39, 0.29) is 15.2 Å². The molecule has 118 valence electrons. The summed E-state index contributed by atoms with van der Waals surface area (Å²) in [6.07, 6.45) is 1.14. The lowest BCUT2D eigenvalue weighted by atomic mass is 10.1. The SMILES string of the molecule is COCCn1c(-c2cccc(S(C)(=O)=O)c2)cc(=O)[nH]c1=S. The monoisotopic (exact) mass is 340 g/mol. The van der Waals surface area contributed by atoms with Gasteiger partial charge < -0.3 is 9.30 Å². The summed E-state index contributed by atoms with van der Waals surface area (Å²) in [5, 5.41) is 0. The second-order valence-electron chi connectivity index (χ2n) is 4.77. The molecule has 0 bridgehead atoms. The minimum atomic E-state index is -3.33. The molecule has 0 aliphatic rings. The molecule has 0 saturated heterocycles. The lowest BCUT2D eigenvalue weighted by Gasteiger charge is -2.13. The molecule has 2 rings (SSSR count). The van der Waals surface area contributed by atoms with Gasteiger partial charge in [0.25, 0.3) is 5.56 Å². The summed E-state index contributed by atoms with van der Waals surface area (Å²) in [5.41, 5.74) is 0.825. The predicted octanol–water partition coefficient (Wildman–Crippen LogP) is 1.62. The first-order valence-corrected chi connectivity index (χ1v) is 8.76. The van der Waals surface area contributed by atoms with E-state index in [2.05, 4.69) is 4.98 Å². The number of hydrogen-bond donors (Lipinski definition) is 1. The van der Waals surface area contributed by atoms with Crippen molar-refractivity contribution in [1.29, 1.82) is 0 Å².